The first-order valence-electron chi connectivity index (χ1n) is 6.79. The summed E-state index contributed by atoms with van der Waals surface area (Å²) in [5, 5.41) is 0. The zero-order valence-corrected chi connectivity index (χ0v) is 11.1. The summed E-state index contributed by atoms with van der Waals surface area (Å²) in [6.45, 7) is 0.619. The van der Waals surface area contributed by atoms with E-state index in [0.717, 1.165) is 24.2 Å². The molecule has 0 bridgehead atoms. The Morgan fingerprint density at radius 1 is 1.22 bits per heavy atom. The molecule has 0 radical (unpaired) electrons. The van der Waals surface area contributed by atoms with Crippen LogP contribution >= 0.6 is 0 Å². The molecule has 3 heteroatoms. The molecule has 1 saturated carbocycles. The maximum absolute atomic E-state index is 6.17. The van der Waals surface area contributed by atoms with E-state index in [1.54, 1.807) is 7.11 Å². The van der Waals surface area contributed by atoms with Crippen LogP contribution in [-0.4, -0.2) is 19.3 Å². The molecule has 1 aliphatic rings. The van der Waals surface area contributed by atoms with Crippen molar-refractivity contribution < 1.29 is 9.47 Å². The third-order valence-electron chi connectivity index (χ3n) is 3.50. The number of nitrogens with two attached hydrogens (primary N) is 1. The van der Waals surface area contributed by atoms with Gasteiger partial charge in [-0.25, -0.2) is 0 Å². The Labute approximate surface area is 109 Å². The van der Waals surface area contributed by atoms with Gasteiger partial charge in [0.05, 0.1) is 6.61 Å². The summed E-state index contributed by atoms with van der Waals surface area (Å²) < 4.78 is 11.2. The molecule has 1 fully saturated rings. The number of rotatable bonds is 4. The highest BCUT2D eigenvalue weighted by molar-refractivity contribution is 5.28. The second-order valence-corrected chi connectivity index (χ2v) is 5.04. The fraction of sp³-hybridized carbons (Fsp3) is 0.600. The maximum Gasteiger partial charge on any atom is 0.120 e. The first kappa shape index (κ1) is 13.4. The molecule has 1 aromatic carbocycles. The Morgan fingerprint density at radius 2 is 2.06 bits per heavy atom. The van der Waals surface area contributed by atoms with Crippen molar-refractivity contribution in [3.05, 3.63) is 29.8 Å². The van der Waals surface area contributed by atoms with Gasteiger partial charge in [-0.05, 0) is 37.0 Å². The van der Waals surface area contributed by atoms with Crippen molar-refractivity contribution in [2.24, 2.45) is 5.73 Å². The smallest absolute Gasteiger partial charge is 0.120 e. The van der Waals surface area contributed by atoms with E-state index >= 15 is 0 Å². The number of hydrogen-bond donors (Lipinski definition) is 1. The van der Waals surface area contributed by atoms with Crippen LogP contribution in [0.25, 0.3) is 0 Å². The van der Waals surface area contributed by atoms with Crippen LogP contribution in [0, 0.1) is 0 Å². The minimum absolute atomic E-state index is 0.158. The van der Waals surface area contributed by atoms with Crippen molar-refractivity contribution in [1.29, 1.82) is 0 Å². The van der Waals surface area contributed by atoms with Gasteiger partial charge in [-0.15, -0.1) is 0 Å². The minimum atomic E-state index is 0.158. The zero-order chi connectivity index (χ0) is 12.8. The second kappa shape index (κ2) is 6.76. The Bertz CT molecular complexity index is 367. The van der Waals surface area contributed by atoms with Crippen molar-refractivity contribution in [3.8, 4) is 5.75 Å². The first-order chi connectivity index (χ1) is 8.79. The largest absolute Gasteiger partial charge is 0.489 e. The average molecular weight is 249 g/mol. The Hall–Kier alpha value is -1.06. The summed E-state index contributed by atoms with van der Waals surface area (Å²) >= 11 is 0. The van der Waals surface area contributed by atoms with Gasteiger partial charge >= 0.3 is 0 Å². The van der Waals surface area contributed by atoms with Crippen LogP contribution < -0.4 is 10.5 Å². The quantitative estimate of drug-likeness (QED) is 0.834. The molecular weight excluding hydrogens is 226 g/mol. The maximum atomic E-state index is 6.17. The fourth-order valence-electron chi connectivity index (χ4n) is 2.50. The van der Waals surface area contributed by atoms with Gasteiger partial charge in [0.15, 0.2) is 0 Å². The van der Waals surface area contributed by atoms with E-state index < -0.39 is 0 Å². The molecule has 3 nitrogen and oxygen atoms in total. The molecule has 0 heterocycles. The third-order valence-corrected chi connectivity index (χ3v) is 3.50. The summed E-state index contributed by atoms with van der Waals surface area (Å²) in [6, 6.07) is 8.26. The van der Waals surface area contributed by atoms with Crippen LogP contribution in [-0.2, 0) is 11.3 Å². The Morgan fingerprint density at radius 3 is 2.89 bits per heavy atom. The highest BCUT2D eigenvalue weighted by Crippen LogP contribution is 2.23. The first-order valence-corrected chi connectivity index (χ1v) is 6.79. The third kappa shape index (κ3) is 3.72. The van der Waals surface area contributed by atoms with Crippen LogP contribution in [0.4, 0.5) is 0 Å². The van der Waals surface area contributed by atoms with E-state index in [0.29, 0.717) is 6.61 Å². The van der Waals surface area contributed by atoms with Crippen molar-refractivity contribution >= 4 is 0 Å². The molecule has 0 spiro atoms. The molecule has 2 atom stereocenters. The monoisotopic (exact) mass is 249 g/mol. The molecule has 2 N–H and O–H groups in total. The van der Waals surface area contributed by atoms with E-state index in [4.69, 9.17) is 15.2 Å². The molecule has 18 heavy (non-hydrogen) atoms. The zero-order valence-electron chi connectivity index (χ0n) is 11.1. The van der Waals surface area contributed by atoms with Crippen molar-refractivity contribution in [3.63, 3.8) is 0 Å². The van der Waals surface area contributed by atoms with Crippen molar-refractivity contribution in [2.45, 2.75) is 50.9 Å². The van der Waals surface area contributed by atoms with Gasteiger partial charge in [-0.1, -0.05) is 25.0 Å². The van der Waals surface area contributed by atoms with E-state index in [1.165, 1.54) is 19.3 Å². The van der Waals surface area contributed by atoms with Crippen LogP contribution in [0.15, 0.2) is 24.3 Å². The van der Waals surface area contributed by atoms with E-state index in [9.17, 15) is 0 Å². The summed E-state index contributed by atoms with van der Waals surface area (Å²) in [5.74, 6) is 0.909. The minimum Gasteiger partial charge on any atom is -0.489 e. The highest BCUT2D eigenvalue weighted by Gasteiger charge is 2.21. The van der Waals surface area contributed by atoms with Gasteiger partial charge in [0.25, 0.3) is 0 Å². The van der Waals surface area contributed by atoms with Gasteiger partial charge in [0.2, 0.25) is 0 Å². The highest BCUT2D eigenvalue weighted by atomic mass is 16.5. The predicted octanol–water partition coefficient (Wildman–Crippen LogP) is 2.87. The average Bonchev–Trinajstić information content (AvgIpc) is 2.56. The number of ether oxygens (including phenoxy) is 2. The topological polar surface area (TPSA) is 44.5 Å². The molecular formula is C15H23NO2. The molecule has 2 rings (SSSR count). The van der Waals surface area contributed by atoms with Crippen LogP contribution in [0.3, 0.4) is 0 Å². The second-order valence-electron chi connectivity index (χ2n) is 5.04. The predicted molar refractivity (Wildman–Crippen MR) is 72.6 cm³/mol. The summed E-state index contributed by atoms with van der Waals surface area (Å²) in [6.07, 6.45) is 6.02. The van der Waals surface area contributed by atoms with Gasteiger partial charge in [0.1, 0.15) is 11.9 Å². The number of methoxy groups -OCH3 is 1. The van der Waals surface area contributed by atoms with Gasteiger partial charge in [-0.3, -0.25) is 0 Å². The van der Waals surface area contributed by atoms with E-state index in [-0.39, 0.29) is 12.1 Å². The van der Waals surface area contributed by atoms with Gasteiger partial charge in [-0.2, -0.15) is 0 Å². The number of hydrogen-bond acceptors (Lipinski definition) is 3. The number of benzene rings is 1. The van der Waals surface area contributed by atoms with Crippen molar-refractivity contribution in [2.75, 3.05) is 7.11 Å². The SMILES string of the molecule is COCc1cccc(OC2CCCCCC2N)c1. The van der Waals surface area contributed by atoms with Gasteiger partial charge < -0.3 is 15.2 Å². The van der Waals surface area contributed by atoms with E-state index in [2.05, 4.69) is 0 Å². The van der Waals surface area contributed by atoms with Crippen LogP contribution in [0.1, 0.15) is 37.7 Å². The lowest BCUT2D eigenvalue weighted by atomic mass is 10.1. The van der Waals surface area contributed by atoms with Crippen molar-refractivity contribution in [1.82, 2.24) is 0 Å². The lowest BCUT2D eigenvalue weighted by Gasteiger charge is -2.23. The molecule has 100 valence electrons. The van der Waals surface area contributed by atoms with E-state index in [1.807, 2.05) is 24.3 Å². The lowest BCUT2D eigenvalue weighted by molar-refractivity contribution is 0.161. The molecule has 0 aliphatic heterocycles. The normalized spacial score (nSPS) is 24.6. The molecule has 0 saturated heterocycles. The molecule has 2 unspecified atom stereocenters. The van der Waals surface area contributed by atoms with Gasteiger partial charge in [0, 0.05) is 13.2 Å². The lowest BCUT2D eigenvalue weighted by Crippen LogP contribution is -2.37. The molecule has 0 amide bonds. The molecule has 1 aliphatic carbocycles. The summed E-state index contributed by atoms with van der Waals surface area (Å²) in [7, 11) is 1.70. The standard InChI is InChI=1S/C15H23NO2/c1-17-11-12-6-5-7-13(10-12)18-15-9-4-2-3-8-14(15)16/h5-7,10,14-15H,2-4,8-9,11,16H2,1H3. The molecule has 1 aromatic rings. The Kier molecular flexibility index (Phi) is 5.02. The van der Waals surface area contributed by atoms with Crippen LogP contribution in [0.2, 0.25) is 0 Å². The summed E-state index contributed by atoms with van der Waals surface area (Å²) in [4.78, 5) is 0. The summed E-state index contributed by atoms with van der Waals surface area (Å²) in [5.41, 5.74) is 7.31. The van der Waals surface area contributed by atoms with Crippen LogP contribution in [0.5, 0.6) is 5.75 Å². The fourth-order valence-corrected chi connectivity index (χ4v) is 2.50. The Balaban J connectivity index is 2.00. The molecule has 0 aromatic heterocycles.